The molecule has 0 unspecified atom stereocenters. The minimum Gasteiger partial charge on any atom is -0.328 e. The molecule has 0 saturated carbocycles. The second-order valence-corrected chi connectivity index (χ2v) is 2.95. The Balaban J connectivity index is 0.000000364. The van der Waals surface area contributed by atoms with Crippen molar-refractivity contribution >= 4 is 5.69 Å². The molecule has 0 amide bonds. The molecule has 0 heterocycles. The van der Waals surface area contributed by atoms with Crippen LogP contribution in [0.1, 0.15) is 13.8 Å². The van der Waals surface area contributed by atoms with E-state index in [0.29, 0.717) is 6.04 Å². The van der Waals surface area contributed by atoms with Crippen LogP contribution in [0.3, 0.4) is 0 Å². The zero-order chi connectivity index (χ0) is 11.1. The van der Waals surface area contributed by atoms with Gasteiger partial charge in [-0.2, -0.15) is 4.39 Å². The Bertz CT molecular complexity index is 300. The number of hydrogen-bond acceptors (Lipinski definition) is 3. The van der Waals surface area contributed by atoms with E-state index in [9.17, 15) is 14.5 Å². The zero-order valence-electron chi connectivity index (χ0n) is 8.11. The van der Waals surface area contributed by atoms with Crippen LogP contribution in [-0.2, 0) is 0 Å². The second-order valence-electron chi connectivity index (χ2n) is 2.95. The van der Waals surface area contributed by atoms with Crippen molar-refractivity contribution in [2.75, 3.05) is 0 Å². The number of nitro benzene ring substituents is 1. The molecule has 0 aliphatic rings. The van der Waals surface area contributed by atoms with Gasteiger partial charge in [0.15, 0.2) is 0 Å². The molecular weight excluding hydrogens is 187 g/mol. The first-order valence-electron chi connectivity index (χ1n) is 4.09. The highest BCUT2D eigenvalue weighted by atomic mass is 19.1. The van der Waals surface area contributed by atoms with Crippen LogP contribution in [0, 0.1) is 15.9 Å². The number of halogens is 1. The molecule has 0 bridgehead atoms. The fraction of sp³-hybridized carbons (Fsp3) is 0.333. The summed E-state index contributed by atoms with van der Waals surface area (Å²) in [7, 11) is 0. The Kier molecular flexibility index (Phi) is 5.40. The molecule has 78 valence electrons. The normalized spacial score (nSPS) is 9.21. The number of benzene rings is 1. The van der Waals surface area contributed by atoms with Crippen molar-refractivity contribution in [2.45, 2.75) is 19.9 Å². The summed E-state index contributed by atoms with van der Waals surface area (Å²) < 4.78 is 12.4. The van der Waals surface area contributed by atoms with E-state index in [0.717, 1.165) is 12.1 Å². The summed E-state index contributed by atoms with van der Waals surface area (Å²) in [6.45, 7) is 3.89. The molecule has 0 atom stereocenters. The van der Waals surface area contributed by atoms with Crippen molar-refractivity contribution in [3.8, 4) is 0 Å². The predicted octanol–water partition coefficient (Wildman–Crippen LogP) is 2.09. The third-order valence-electron chi connectivity index (χ3n) is 1.05. The average molecular weight is 200 g/mol. The lowest BCUT2D eigenvalue weighted by Crippen LogP contribution is -2.06. The number of rotatable bonds is 1. The summed E-state index contributed by atoms with van der Waals surface area (Å²) in [5.74, 6) is -0.799. The highest BCUT2D eigenvalue weighted by Crippen LogP contribution is 2.14. The first-order valence-corrected chi connectivity index (χ1v) is 4.09. The lowest BCUT2D eigenvalue weighted by atomic mass is 10.3. The largest absolute Gasteiger partial charge is 0.328 e. The van der Waals surface area contributed by atoms with Gasteiger partial charge in [0, 0.05) is 6.07 Å². The van der Waals surface area contributed by atoms with Crippen LogP contribution >= 0.6 is 0 Å². The lowest BCUT2D eigenvalue weighted by Gasteiger charge is -1.89. The minimum atomic E-state index is -0.799. The van der Waals surface area contributed by atoms with Gasteiger partial charge in [-0.1, -0.05) is 26.0 Å². The Morgan fingerprint density at radius 1 is 1.43 bits per heavy atom. The maximum atomic E-state index is 12.4. The minimum absolute atomic E-state index is 0.333. The standard InChI is InChI=1S/C6H4FNO2.C3H9N/c7-5-3-1-2-4-6(5)8(9)10;1-3(2)4/h1-4H;3H,4H2,1-2H3. The number of nitro groups is 1. The van der Waals surface area contributed by atoms with Crippen LogP contribution in [0.25, 0.3) is 0 Å². The molecule has 1 aromatic carbocycles. The highest BCUT2D eigenvalue weighted by molar-refractivity contribution is 5.30. The predicted molar refractivity (Wildman–Crippen MR) is 52.4 cm³/mol. The Morgan fingerprint density at radius 2 is 1.86 bits per heavy atom. The van der Waals surface area contributed by atoms with Gasteiger partial charge < -0.3 is 5.73 Å². The Hall–Kier alpha value is -1.49. The molecule has 0 aliphatic carbocycles. The smallest absolute Gasteiger partial charge is 0.304 e. The molecule has 0 spiro atoms. The maximum Gasteiger partial charge on any atom is 0.304 e. The quantitative estimate of drug-likeness (QED) is 0.557. The van der Waals surface area contributed by atoms with Gasteiger partial charge in [0.25, 0.3) is 0 Å². The fourth-order valence-corrected chi connectivity index (χ4v) is 0.600. The van der Waals surface area contributed by atoms with Crippen LogP contribution in [0.4, 0.5) is 10.1 Å². The van der Waals surface area contributed by atoms with Gasteiger partial charge >= 0.3 is 5.69 Å². The van der Waals surface area contributed by atoms with Crippen LogP contribution < -0.4 is 5.73 Å². The summed E-state index contributed by atoms with van der Waals surface area (Å²) in [6.07, 6.45) is 0. The summed E-state index contributed by atoms with van der Waals surface area (Å²) in [4.78, 5) is 9.23. The number of nitrogens with two attached hydrogens (primary N) is 1. The van der Waals surface area contributed by atoms with E-state index in [2.05, 4.69) is 0 Å². The number of hydrogen-bond donors (Lipinski definition) is 1. The van der Waals surface area contributed by atoms with Crippen molar-refractivity contribution < 1.29 is 9.31 Å². The van der Waals surface area contributed by atoms with Crippen molar-refractivity contribution in [2.24, 2.45) is 5.73 Å². The van der Waals surface area contributed by atoms with Gasteiger partial charge in [-0.05, 0) is 12.1 Å². The molecule has 0 saturated heterocycles. The van der Waals surface area contributed by atoms with Crippen molar-refractivity contribution in [3.63, 3.8) is 0 Å². The van der Waals surface area contributed by atoms with Gasteiger partial charge in [0.05, 0.1) is 4.92 Å². The van der Waals surface area contributed by atoms with Crippen LogP contribution in [0.5, 0.6) is 0 Å². The third kappa shape index (κ3) is 5.21. The topological polar surface area (TPSA) is 69.2 Å². The Morgan fingerprint density at radius 3 is 2.14 bits per heavy atom. The van der Waals surface area contributed by atoms with Crippen LogP contribution in [0.2, 0.25) is 0 Å². The van der Waals surface area contributed by atoms with Crippen LogP contribution in [-0.4, -0.2) is 11.0 Å². The Labute approximate surface area is 81.7 Å². The maximum absolute atomic E-state index is 12.4. The van der Waals surface area contributed by atoms with Crippen molar-refractivity contribution in [3.05, 3.63) is 40.2 Å². The van der Waals surface area contributed by atoms with Crippen molar-refractivity contribution in [1.29, 1.82) is 0 Å². The van der Waals surface area contributed by atoms with Crippen LogP contribution in [0.15, 0.2) is 24.3 Å². The van der Waals surface area contributed by atoms with Gasteiger partial charge in [-0.3, -0.25) is 10.1 Å². The zero-order valence-corrected chi connectivity index (χ0v) is 8.11. The van der Waals surface area contributed by atoms with Crippen molar-refractivity contribution in [1.82, 2.24) is 0 Å². The molecule has 2 N–H and O–H groups in total. The molecule has 0 aromatic heterocycles. The first kappa shape index (κ1) is 12.5. The summed E-state index contributed by atoms with van der Waals surface area (Å²) in [5.41, 5.74) is 4.63. The van der Waals surface area contributed by atoms with Gasteiger partial charge in [-0.25, -0.2) is 0 Å². The van der Waals surface area contributed by atoms with Gasteiger partial charge in [0.2, 0.25) is 5.82 Å². The van der Waals surface area contributed by atoms with E-state index in [1.165, 1.54) is 12.1 Å². The summed E-state index contributed by atoms with van der Waals surface area (Å²) >= 11 is 0. The molecule has 5 heteroatoms. The SMILES string of the molecule is CC(C)N.O=[N+]([O-])c1ccccc1F. The molecule has 0 fully saturated rings. The van der Waals surface area contributed by atoms with E-state index in [-0.39, 0.29) is 0 Å². The molecule has 14 heavy (non-hydrogen) atoms. The monoisotopic (exact) mass is 200 g/mol. The molecule has 1 aromatic rings. The first-order chi connectivity index (χ1) is 6.45. The molecule has 4 nitrogen and oxygen atoms in total. The number of nitrogens with zero attached hydrogens (tertiary/aromatic N) is 1. The van der Waals surface area contributed by atoms with E-state index >= 15 is 0 Å². The molecule has 0 aliphatic heterocycles. The van der Waals surface area contributed by atoms with E-state index in [1.807, 2.05) is 13.8 Å². The highest BCUT2D eigenvalue weighted by Gasteiger charge is 2.10. The lowest BCUT2D eigenvalue weighted by molar-refractivity contribution is -0.387. The summed E-state index contributed by atoms with van der Waals surface area (Å²) in [5, 5.41) is 9.99. The third-order valence-corrected chi connectivity index (χ3v) is 1.05. The van der Waals surface area contributed by atoms with E-state index in [1.54, 1.807) is 0 Å². The van der Waals surface area contributed by atoms with Gasteiger partial charge in [0.1, 0.15) is 0 Å². The van der Waals surface area contributed by atoms with E-state index in [4.69, 9.17) is 5.73 Å². The molecular formula is C9H13FN2O2. The molecule has 1 rings (SSSR count). The number of para-hydroxylation sites is 1. The summed E-state index contributed by atoms with van der Waals surface area (Å²) in [6, 6.07) is 5.33. The van der Waals surface area contributed by atoms with E-state index < -0.39 is 16.4 Å². The fourth-order valence-electron chi connectivity index (χ4n) is 0.600. The average Bonchev–Trinajstić information content (AvgIpc) is 2.03. The molecule has 0 radical (unpaired) electrons. The second kappa shape index (κ2) is 6.04. The van der Waals surface area contributed by atoms with Gasteiger partial charge in [-0.15, -0.1) is 0 Å².